The van der Waals surface area contributed by atoms with Crippen molar-refractivity contribution in [2.75, 3.05) is 0 Å². The monoisotopic (exact) mass is 201 g/mol. The van der Waals surface area contributed by atoms with E-state index in [-0.39, 0.29) is 5.56 Å². The van der Waals surface area contributed by atoms with E-state index in [1.165, 1.54) is 0 Å². The molecule has 0 atom stereocenters. The topological polar surface area (TPSA) is 58.6 Å². The molecule has 0 aliphatic rings. The van der Waals surface area contributed by atoms with Crippen molar-refractivity contribution in [3.8, 4) is 11.4 Å². The van der Waals surface area contributed by atoms with Crippen LogP contribution in [0.15, 0.2) is 35.1 Å². The zero-order valence-corrected chi connectivity index (χ0v) is 8.40. The molecule has 76 valence electrons. The van der Waals surface area contributed by atoms with Crippen molar-refractivity contribution in [2.24, 2.45) is 0 Å². The molecule has 2 rings (SSSR count). The Balaban J connectivity index is 2.51. The molecule has 0 fully saturated rings. The van der Waals surface area contributed by atoms with E-state index in [9.17, 15) is 4.79 Å². The lowest BCUT2D eigenvalue weighted by molar-refractivity contribution is 0.871. The zero-order valence-electron chi connectivity index (χ0n) is 8.40. The summed E-state index contributed by atoms with van der Waals surface area (Å²) in [7, 11) is 0. The second-order valence-corrected chi connectivity index (χ2v) is 3.15. The molecule has 1 N–H and O–H groups in total. The van der Waals surface area contributed by atoms with E-state index in [2.05, 4.69) is 15.2 Å². The minimum absolute atomic E-state index is 0.211. The molecule has 0 spiro atoms. The predicted octanol–water partition coefficient (Wildman–Crippen LogP) is 1.39. The second-order valence-electron chi connectivity index (χ2n) is 3.15. The van der Waals surface area contributed by atoms with Gasteiger partial charge in [-0.25, -0.2) is 10.1 Å². The lowest BCUT2D eigenvalue weighted by Crippen LogP contribution is -2.16. The first-order chi connectivity index (χ1) is 7.31. The fourth-order valence-electron chi connectivity index (χ4n) is 1.33. The molecule has 0 saturated carbocycles. The van der Waals surface area contributed by atoms with Gasteiger partial charge in [0.15, 0.2) is 5.82 Å². The van der Waals surface area contributed by atoms with Crippen LogP contribution in [0.1, 0.15) is 12.6 Å². The number of aromatic amines is 1. The highest BCUT2D eigenvalue weighted by Crippen LogP contribution is 2.11. The third-order valence-corrected chi connectivity index (χ3v) is 2.13. The van der Waals surface area contributed by atoms with E-state index < -0.39 is 0 Å². The van der Waals surface area contributed by atoms with E-state index in [1.807, 2.05) is 37.3 Å². The Morgan fingerprint density at radius 1 is 1.27 bits per heavy atom. The lowest BCUT2D eigenvalue weighted by atomic mass is 10.2. The lowest BCUT2D eigenvalue weighted by Gasteiger charge is -2.00. The fraction of sp³-hybridized carbons (Fsp3) is 0.182. The average Bonchev–Trinajstić information content (AvgIpc) is 2.31. The van der Waals surface area contributed by atoms with Gasteiger partial charge in [0.1, 0.15) is 5.69 Å². The van der Waals surface area contributed by atoms with Gasteiger partial charge in [-0.2, -0.15) is 5.10 Å². The molecular formula is C11H11N3O. The number of nitrogens with one attached hydrogen (secondary N) is 1. The largest absolute Gasteiger partial charge is 0.285 e. The minimum Gasteiger partial charge on any atom is -0.266 e. The number of hydrogen-bond acceptors (Lipinski definition) is 3. The van der Waals surface area contributed by atoms with Crippen LogP contribution in [0, 0.1) is 0 Å². The third-order valence-electron chi connectivity index (χ3n) is 2.13. The number of H-pyrrole nitrogens is 1. The van der Waals surface area contributed by atoms with Crippen LogP contribution < -0.4 is 5.56 Å². The summed E-state index contributed by atoms with van der Waals surface area (Å²) in [5.74, 6) is 0.562. The number of aromatic nitrogens is 3. The Bertz CT molecular complexity index is 505. The van der Waals surface area contributed by atoms with Gasteiger partial charge in [0.05, 0.1) is 0 Å². The van der Waals surface area contributed by atoms with Crippen molar-refractivity contribution in [3.05, 3.63) is 46.4 Å². The van der Waals surface area contributed by atoms with Crippen LogP contribution in [0.5, 0.6) is 0 Å². The Morgan fingerprint density at radius 3 is 2.67 bits per heavy atom. The summed E-state index contributed by atoms with van der Waals surface area (Å²) >= 11 is 0. The zero-order chi connectivity index (χ0) is 10.7. The number of nitrogens with zero attached hydrogens (tertiary/aromatic N) is 2. The first kappa shape index (κ1) is 9.58. The number of benzene rings is 1. The molecule has 0 radical (unpaired) electrons. The molecule has 0 amide bonds. The smallest absolute Gasteiger partial charge is 0.266 e. The SMILES string of the molecule is CCc1nc(-c2ccccc2)n[nH]c1=O. The number of aryl methyl sites for hydroxylation is 1. The summed E-state index contributed by atoms with van der Waals surface area (Å²) in [6.45, 7) is 1.90. The molecule has 15 heavy (non-hydrogen) atoms. The van der Waals surface area contributed by atoms with Crippen molar-refractivity contribution in [1.29, 1.82) is 0 Å². The van der Waals surface area contributed by atoms with E-state index in [1.54, 1.807) is 0 Å². The van der Waals surface area contributed by atoms with Gasteiger partial charge >= 0.3 is 0 Å². The normalized spacial score (nSPS) is 10.2. The Labute approximate surface area is 87.0 Å². The molecule has 1 heterocycles. The highest BCUT2D eigenvalue weighted by molar-refractivity contribution is 5.53. The summed E-state index contributed by atoms with van der Waals surface area (Å²) in [6, 6.07) is 9.57. The number of hydrogen-bond donors (Lipinski definition) is 1. The summed E-state index contributed by atoms with van der Waals surface area (Å²) < 4.78 is 0. The maximum absolute atomic E-state index is 11.3. The Kier molecular flexibility index (Phi) is 2.58. The van der Waals surface area contributed by atoms with Gasteiger partial charge in [0.25, 0.3) is 5.56 Å². The first-order valence-corrected chi connectivity index (χ1v) is 4.82. The van der Waals surface area contributed by atoms with Gasteiger partial charge in [-0.15, -0.1) is 0 Å². The summed E-state index contributed by atoms with van der Waals surface area (Å²) in [5, 5.41) is 6.36. The van der Waals surface area contributed by atoms with Crippen molar-refractivity contribution in [1.82, 2.24) is 15.2 Å². The van der Waals surface area contributed by atoms with E-state index >= 15 is 0 Å². The molecule has 0 aliphatic heterocycles. The van der Waals surface area contributed by atoms with Crippen molar-refractivity contribution in [3.63, 3.8) is 0 Å². The average molecular weight is 201 g/mol. The van der Waals surface area contributed by atoms with Crippen LogP contribution in [0.25, 0.3) is 11.4 Å². The van der Waals surface area contributed by atoms with E-state index in [0.717, 1.165) is 5.56 Å². The highest BCUT2D eigenvalue weighted by atomic mass is 16.1. The van der Waals surface area contributed by atoms with Gasteiger partial charge in [0, 0.05) is 5.56 Å². The van der Waals surface area contributed by atoms with Crippen LogP contribution in [-0.4, -0.2) is 15.2 Å². The molecule has 0 bridgehead atoms. The van der Waals surface area contributed by atoms with Crippen LogP contribution in [-0.2, 0) is 6.42 Å². The molecule has 0 unspecified atom stereocenters. The molecule has 4 nitrogen and oxygen atoms in total. The third kappa shape index (κ3) is 1.93. The maximum Gasteiger partial charge on any atom is 0.285 e. The van der Waals surface area contributed by atoms with Crippen molar-refractivity contribution >= 4 is 0 Å². The van der Waals surface area contributed by atoms with Gasteiger partial charge in [-0.3, -0.25) is 4.79 Å². The summed E-state index contributed by atoms with van der Waals surface area (Å²) in [6.07, 6.45) is 0.609. The number of rotatable bonds is 2. The first-order valence-electron chi connectivity index (χ1n) is 4.82. The molecule has 1 aromatic heterocycles. The van der Waals surface area contributed by atoms with Crippen molar-refractivity contribution in [2.45, 2.75) is 13.3 Å². The Hall–Kier alpha value is -1.97. The standard InChI is InChI=1S/C11H11N3O/c1-2-9-11(15)14-13-10(12-9)8-6-4-3-5-7-8/h3-7H,2H2,1H3,(H,14,15). The highest BCUT2D eigenvalue weighted by Gasteiger charge is 2.04. The van der Waals surface area contributed by atoms with Gasteiger partial charge in [-0.1, -0.05) is 37.3 Å². The molecule has 2 aromatic rings. The maximum atomic E-state index is 11.3. The molecular weight excluding hydrogens is 190 g/mol. The van der Waals surface area contributed by atoms with E-state index in [0.29, 0.717) is 17.9 Å². The van der Waals surface area contributed by atoms with Gasteiger partial charge in [0.2, 0.25) is 0 Å². The molecule has 4 heteroatoms. The molecule has 0 aliphatic carbocycles. The minimum atomic E-state index is -0.211. The summed E-state index contributed by atoms with van der Waals surface area (Å²) in [4.78, 5) is 15.5. The fourth-order valence-corrected chi connectivity index (χ4v) is 1.33. The van der Waals surface area contributed by atoms with Crippen LogP contribution in [0.3, 0.4) is 0 Å². The van der Waals surface area contributed by atoms with E-state index in [4.69, 9.17) is 0 Å². The van der Waals surface area contributed by atoms with Crippen LogP contribution in [0.4, 0.5) is 0 Å². The Morgan fingerprint density at radius 2 is 2.00 bits per heavy atom. The van der Waals surface area contributed by atoms with Crippen LogP contribution in [0.2, 0.25) is 0 Å². The molecule has 0 saturated heterocycles. The quantitative estimate of drug-likeness (QED) is 0.798. The van der Waals surface area contributed by atoms with Gasteiger partial charge < -0.3 is 0 Å². The second kappa shape index (κ2) is 4.04. The van der Waals surface area contributed by atoms with Crippen molar-refractivity contribution < 1.29 is 0 Å². The summed E-state index contributed by atoms with van der Waals surface area (Å²) in [5.41, 5.74) is 1.21. The van der Waals surface area contributed by atoms with Crippen LogP contribution >= 0.6 is 0 Å². The van der Waals surface area contributed by atoms with Gasteiger partial charge in [-0.05, 0) is 6.42 Å². The predicted molar refractivity (Wildman–Crippen MR) is 57.5 cm³/mol. The molecule has 1 aromatic carbocycles.